The second kappa shape index (κ2) is 9.81. The van der Waals surface area contributed by atoms with Crippen molar-refractivity contribution in [3.8, 4) is 0 Å². The largest absolute Gasteiger partial charge is 0.377 e. The number of rotatable bonds is 8. The zero-order chi connectivity index (χ0) is 22.5. The number of carbonyl (C=O) groups is 1. The molecule has 1 fully saturated rings. The Hall–Kier alpha value is -3.41. The lowest BCUT2D eigenvalue weighted by atomic mass is 9.95. The first-order valence-corrected chi connectivity index (χ1v) is 11.4. The summed E-state index contributed by atoms with van der Waals surface area (Å²) in [6, 6.07) is 15.3. The van der Waals surface area contributed by atoms with E-state index < -0.39 is 10.9 Å². The minimum atomic E-state index is -0.464. The third-order valence-electron chi connectivity index (χ3n) is 6.17. The van der Waals surface area contributed by atoms with Crippen LogP contribution in [-0.2, 0) is 13.0 Å². The first kappa shape index (κ1) is 21.8. The van der Waals surface area contributed by atoms with Crippen LogP contribution in [0.25, 0.3) is 0 Å². The Bertz CT molecular complexity index is 1140. The summed E-state index contributed by atoms with van der Waals surface area (Å²) in [6.07, 6.45) is 6.56. The van der Waals surface area contributed by atoms with Crippen molar-refractivity contribution >= 4 is 23.0 Å². The third-order valence-corrected chi connectivity index (χ3v) is 6.17. The van der Waals surface area contributed by atoms with Gasteiger partial charge in [0.2, 0.25) is 0 Å². The summed E-state index contributed by atoms with van der Waals surface area (Å²) in [4.78, 5) is 36.5. The number of aryl methyl sites for hydroxylation is 1. The molecule has 6 nitrogen and oxygen atoms in total. The van der Waals surface area contributed by atoms with Crippen molar-refractivity contribution in [2.24, 2.45) is 0 Å². The van der Waals surface area contributed by atoms with Gasteiger partial charge in [-0.1, -0.05) is 50.5 Å². The zero-order valence-corrected chi connectivity index (χ0v) is 18.4. The predicted octanol–water partition coefficient (Wildman–Crippen LogP) is 4.45. The summed E-state index contributed by atoms with van der Waals surface area (Å²) in [7, 11) is 0. The van der Waals surface area contributed by atoms with Crippen LogP contribution in [0.15, 0.2) is 58.1 Å². The van der Waals surface area contributed by atoms with Crippen LogP contribution in [0.2, 0.25) is 0 Å². The average molecular weight is 432 g/mol. The molecule has 4 rings (SSSR count). The maximum atomic E-state index is 12.5. The third kappa shape index (κ3) is 4.90. The van der Waals surface area contributed by atoms with Gasteiger partial charge in [0.1, 0.15) is 11.4 Å². The van der Waals surface area contributed by atoms with Gasteiger partial charge in [-0.05, 0) is 54.7 Å². The minimum absolute atomic E-state index is 0.171. The van der Waals surface area contributed by atoms with Gasteiger partial charge < -0.3 is 16.0 Å². The molecule has 1 saturated carbocycles. The van der Waals surface area contributed by atoms with Crippen molar-refractivity contribution in [2.45, 2.75) is 58.0 Å². The standard InChI is InChI=1S/C26H29N3O3/c1-2-17-10-14-21(15-11-17)29-26(32)19-12-8-18(9-13-19)16-27-22-23(25(31)24(22)30)28-20-6-4-3-5-7-20/h8-15,20,27-28H,2-7,16H2,1H3,(H,29,32). The maximum absolute atomic E-state index is 12.5. The number of carbonyl (C=O) groups excluding carboxylic acids is 1. The van der Waals surface area contributed by atoms with Crippen LogP contribution in [0.4, 0.5) is 17.1 Å². The normalized spacial score (nSPS) is 14.3. The summed E-state index contributed by atoms with van der Waals surface area (Å²) >= 11 is 0. The molecule has 0 spiro atoms. The van der Waals surface area contributed by atoms with E-state index in [1.165, 1.54) is 12.0 Å². The fourth-order valence-electron chi connectivity index (χ4n) is 4.14. The Morgan fingerprint density at radius 1 is 0.844 bits per heavy atom. The molecule has 0 heterocycles. The van der Waals surface area contributed by atoms with Crippen molar-refractivity contribution < 1.29 is 4.79 Å². The van der Waals surface area contributed by atoms with E-state index >= 15 is 0 Å². The van der Waals surface area contributed by atoms with E-state index in [4.69, 9.17) is 0 Å². The number of anilines is 3. The van der Waals surface area contributed by atoms with Crippen LogP contribution in [0.3, 0.4) is 0 Å². The molecule has 0 radical (unpaired) electrons. The van der Waals surface area contributed by atoms with Gasteiger partial charge in [-0.3, -0.25) is 14.4 Å². The monoisotopic (exact) mass is 431 g/mol. The number of nitrogens with one attached hydrogen (secondary N) is 3. The SMILES string of the molecule is CCc1ccc(NC(=O)c2ccc(CNc3c(NC4CCCCC4)c(=O)c3=O)cc2)cc1. The van der Waals surface area contributed by atoms with Crippen LogP contribution in [0.5, 0.6) is 0 Å². The molecule has 0 bridgehead atoms. The van der Waals surface area contributed by atoms with E-state index in [-0.39, 0.29) is 11.9 Å². The van der Waals surface area contributed by atoms with Crippen LogP contribution in [0.1, 0.15) is 60.5 Å². The quantitative estimate of drug-likeness (QED) is 0.459. The molecule has 1 amide bonds. The molecule has 1 aliphatic carbocycles. The highest BCUT2D eigenvalue weighted by molar-refractivity contribution is 6.04. The molecule has 0 unspecified atom stereocenters. The fourth-order valence-corrected chi connectivity index (χ4v) is 4.14. The first-order valence-electron chi connectivity index (χ1n) is 11.4. The molecule has 1 aliphatic rings. The van der Waals surface area contributed by atoms with Gasteiger partial charge >= 0.3 is 0 Å². The van der Waals surface area contributed by atoms with Gasteiger partial charge in [-0.15, -0.1) is 0 Å². The molecule has 6 heteroatoms. The number of hydrogen-bond acceptors (Lipinski definition) is 5. The molecular formula is C26H29N3O3. The Morgan fingerprint density at radius 3 is 2.12 bits per heavy atom. The lowest BCUT2D eigenvalue weighted by Crippen LogP contribution is -2.40. The van der Waals surface area contributed by atoms with Gasteiger partial charge in [0, 0.05) is 23.8 Å². The Kier molecular flexibility index (Phi) is 6.69. The van der Waals surface area contributed by atoms with Crippen LogP contribution >= 0.6 is 0 Å². The Morgan fingerprint density at radius 2 is 1.47 bits per heavy atom. The molecule has 0 aliphatic heterocycles. The van der Waals surface area contributed by atoms with Crippen molar-refractivity contribution in [1.29, 1.82) is 0 Å². The summed E-state index contributed by atoms with van der Waals surface area (Å²) in [5.74, 6) is -0.171. The van der Waals surface area contributed by atoms with E-state index in [0.717, 1.165) is 43.4 Å². The van der Waals surface area contributed by atoms with E-state index in [1.807, 2.05) is 36.4 Å². The van der Waals surface area contributed by atoms with Crippen LogP contribution < -0.4 is 26.8 Å². The summed E-state index contributed by atoms with van der Waals surface area (Å²) in [5.41, 5.74) is 3.36. The predicted molar refractivity (Wildman–Crippen MR) is 129 cm³/mol. The average Bonchev–Trinajstić information content (AvgIpc) is 2.84. The molecule has 0 aromatic heterocycles. The van der Waals surface area contributed by atoms with Gasteiger partial charge in [-0.25, -0.2) is 0 Å². The molecule has 0 atom stereocenters. The molecule has 166 valence electrons. The van der Waals surface area contributed by atoms with E-state index in [1.54, 1.807) is 12.1 Å². The molecule has 3 N–H and O–H groups in total. The lowest BCUT2D eigenvalue weighted by Gasteiger charge is -2.25. The molecule has 3 aromatic carbocycles. The smallest absolute Gasteiger partial charge is 0.255 e. The topological polar surface area (TPSA) is 87.3 Å². The second-order valence-corrected chi connectivity index (χ2v) is 8.44. The molecular weight excluding hydrogens is 402 g/mol. The van der Waals surface area contributed by atoms with E-state index in [0.29, 0.717) is 23.5 Å². The molecule has 0 saturated heterocycles. The number of hydrogen-bond donors (Lipinski definition) is 3. The zero-order valence-electron chi connectivity index (χ0n) is 18.4. The lowest BCUT2D eigenvalue weighted by molar-refractivity contribution is 0.102. The minimum Gasteiger partial charge on any atom is -0.377 e. The van der Waals surface area contributed by atoms with Crippen LogP contribution in [-0.4, -0.2) is 11.9 Å². The molecule has 32 heavy (non-hydrogen) atoms. The van der Waals surface area contributed by atoms with Gasteiger partial charge in [0.05, 0.1) is 0 Å². The highest BCUT2D eigenvalue weighted by atomic mass is 16.2. The van der Waals surface area contributed by atoms with Gasteiger partial charge in [0.15, 0.2) is 0 Å². The Labute approximate surface area is 187 Å². The van der Waals surface area contributed by atoms with Gasteiger partial charge in [-0.2, -0.15) is 0 Å². The van der Waals surface area contributed by atoms with Crippen molar-refractivity contribution in [2.75, 3.05) is 16.0 Å². The maximum Gasteiger partial charge on any atom is 0.255 e. The highest BCUT2D eigenvalue weighted by Crippen LogP contribution is 2.24. The first-order chi connectivity index (χ1) is 15.5. The van der Waals surface area contributed by atoms with E-state index in [9.17, 15) is 14.4 Å². The highest BCUT2D eigenvalue weighted by Gasteiger charge is 2.24. The summed E-state index contributed by atoms with van der Waals surface area (Å²) in [6.45, 7) is 2.50. The van der Waals surface area contributed by atoms with Crippen molar-refractivity contribution in [1.82, 2.24) is 0 Å². The van der Waals surface area contributed by atoms with Crippen molar-refractivity contribution in [3.63, 3.8) is 0 Å². The van der Waals surface area contributed by atoms with Crippen molar-refractivity contribution in [3.05, 3.63) is 85.7 Å². The summed E-state index contributed by atoms with van der Waals surface area (Å²) in [5, 5.41) is 9.27. The van der Waals surface area contributed by atoms with Crippen LogP contribution in [0, 0.1) is 0 Å². The van der Waals surface area contributed by atoms with Gasteiger partial charge in [0.25, 0.3) is 16.8 Å². The molecule has 3 aromatic rings. The number of amides is 1. The van der Waals surface area contributed by atoms with E-state index in [2.05, 4.69) is 22.9 Å². The fraction of sp³-hybridized carbons (Fsp3) is 0.346. The number of benzene rings is 2. The second-order valence-electron chi connectivity index (χ2n) is 8.44. The summed E-state index contributed by atoms with van der Waals surface area (Å²) < 4.78 is 0. The Balaban J connectivity index is 1.34.